The molecule has 3 atom stereocenters. The summed E-state index contributed by atoms with van der Waals surface area (Å²) in [4.78, 5) is 43.7. The van der Waals surface area contributed by atoms with E-state index in [4.69, 9.17) is 9.84 Å². The van der Waals surface area contributed by atoms with Crippen molar-refractivity contribution in [3.63, 3.8) is 0 Å². The van der Waals surface area contributed by atoms with Crippen LogP contribution >= 0.6 is 28.3 Å². The number of carbonyl (C=O) groups excluding carboxylic acids is 2. The number of hydrogen-bond donors (Lipinski definition) is 3. The van der Waals surface area contributed by atoms with Gasteiger partial charge in [-0.1, -0.05) is 0 Å². The van der Waals surface area contributed by atoms with Crippen LogP contribution in [0.3, 0.4) is 0 Å². The molecule has 3 aliphatic rings. The van der Waals surface area contributed by atoms with Crippen LogP contribution in [0.5, 0.6) is 0 Å². The van der Waals surface area contributed by atoms with Gasteiger partial charge in [0, 0.05) is 38.6 Å². The molecule has 0 aromatic carbocycles. The third kappa shape index (κ3) is 8.76. The van der Waals surface area contributed by atoms with Gasteiger partial charge in [0.25, 0.3) is 0 Å². The molecule has 11 nitrogen and oxygen atoms in total. The highest BCUT2D eigenvalue weighted by molar-refractivity contribution is 9.10. The highest BCUT2D eigenvalue weighted by Gasteiger charge is 2.42. The summed E-state index contributed by atoms with van der Waals surface area (Å²) in [5, 5.41) is 14.8. The monoisotopic (exact) mass is 607 g/mol. The first kappa shape index (κ1) is 33.0. The maximum absolute atomic E-state index is 11.7. The predicted molar refractivity (Wildman–Crippen MR) is 145 cm³/mol. The number of nitrogens with one attached hydrogen (secondary N) is 2. The summed E-state index contributed by atoms with van der Waals surface area (Å²) in [6.45, 7) is 10.1. The molecule has 3 unspecified atom stereocenters. The van der Waals surface area contributed by atoms with Gasteiger partial charge in [-0.25, -0.2) is 9.97 Å². The Kier molecular flexibility index (Phi) is 12.7. The highest BCUT2D eigenvalue weighted by Crippen LogP contribution is 2.33. The van der Waals surface area contributed by atoms with Crippen molar-refractivity contribution in [2.75, 3.05) is 58.4 Å². The van der Waals surface area contributed by atoms with Crippen molar-refractivity contribution < 1.29 is 29.0 Å². The number of aliphatic carboxylic acids is 1. The number of anilines is 1. The minimum Gasteiger partial charge on any atom is -0.481 e. The summed E-state index contributed by atoms with van der Waals surface area (Å²) in [7, 11) is 2.86. The lowest BCUT2D eigenvalue weighted by molar-refractivity contribution is -0.151. The molecule has 210 valence electrons. The SMILES string of the molecule is CC1(C(=O)O)CCNC1.COC(=O)C1(C)CCN(c2ncc(Br)cn2)C1.COC(=O)C1(C)CCNC1.Cl. The molecule has 0 amide bonds. The average Bonchev–Trinajstić information content (AvgIpc) is 3.61. The van der Waals surface area contributed by atoms with Crippen LogP contribution in [-0.4, -0.2) is 86.5 Å². The number of aromatic nitrogens is 2. The van der Waals surface area contributed by atoms with Gasteiger partial charge in [-0.3, -0.25) is 14.4 Å². The summed E-state index contributed by atoms with van der Waals surface area (Å²) in [6, 6.07) is 0. The molecule has 1 aromatic heterocycles. The predicted octanol–water partition coefficient (Wildman–Crippen LogP) is 2.28. The Hall–Kier alpha value is -2.02. The van der Waals surface area contributed by atoms with Crippen molar-refractivity contribution in [3.05, 3.63) is 16.9 Å². The Labute approximate surface area is 233 Å². The van der Waals surface area contributed by atoms with Gasteiger partial charge in [0.05, 0.1) is 34.9 Å². The van der Waals surface area contributed by atoms with Gasteiger partial charge in [-0.05, 0) is 69.1 Å². The van der Waals surface area contributed by atoms with E-state index in [2.05, 4.69) is 41.3 Å². The van der Waals surface area contributed by atoms with Crippen LogP contribution < -0.4 is 15.5 Å². The standard InChI is InChI=1S/C11H14BrN3O2.C7H13NO2.C6H11NO2.ClH/c1-11(9(16)17-2)3-4-15(7-11)10-13-5-8(12)6-14-10;1-7(6(9)10-2)3-4-8-5-7;1-6(5(8)9)2-3-7-4-6;/h5-6H,3-4,7H2,1-2H3;8H,3-5H2,1-2H3;7H,2-4H2,1H3,(H,8,9);1H. The fourth-order valence-electron chi connectivity index (χ4n) is 4.25. The first-order chi connectivity index (χ1) is 16.9. The molecular formula is C24H39BrClN5O6. The number of carboxylic acids is 1. The molecule has 4 heterocycles. The Bertz CT molecular complexity index is 909. The van der Waals surface area contributed by atoms with Crippen LogP contribution in [0, 0.1) is 16.2 Å². The minimum atomic E-state index is -0.688. The lowest BCUT2D eigenvalue weighted by Crippen LogP contribution is -2.33. The molecule has 3 saturated heterocycles. The van der Waals surface area contributed by atoms with Gasteiger partial charge in [0.15, 0.2) is 0 Å². The maximum Gasteiger partial charge on any atom is 0.313 e. The molecular weight excluding hydrogens is 570 g/mol. The quantitative estimate of drug-likeness (QED) is 0.433. The van der Waals surface area contributed by atoms with Crippen molar-refractivity contribution >= 4 is 52.2 Å². The number of methoxy groups -OCH3 is 2. The lowest BCUT2D eigenvalue weighted by Gasteiger charge is -2.21. The molecule has 3 fully saturated rings. The van der Waals surface area contributed by atoms with Crippen LogP contribution in [0.2, 0.25) is 0 Å². The second-order valence-electron chi connectivity index (χ2n) is 10.2. The first-order valence-electron chi connectivity index (χ1n) is 11.9. The third-order valence-corrected chi connectivity index (χ3v) is 7.38. The smallest absolute Gasteiger partial charge is 0.313 e. The number of ether oxygens (including phenoxy) is 2. The van der Waals surface area contributed by atoms with Crippen LogP contribution in [0.4, 0.5) is 5.95 Å². The average molecular weight is 609 g/mol. The van der Waals surface area contributed by atoms with E-state index in [9.17, 15) is 14.4 Å². The van der Waals surface area contributed by atoms with Gasteiger partial charge in [0.1, 0.15) is 0 Å². The van der Waals surface area contributed by atoms with Crippen molar-refractivity contribution in [1.29, 1.82) is 0 Å². The Morgan fingerprint density at radius 3 is 1.81 bits per heavy atom. The zero-order valence-electron chi connectivity index (χ0n) is 22.1. The van der Waals surface area contributed by atoms with Gasteiger partial charge in [0.2, 0.25) is 5.95 Å². The fraction of sp³-hybridized carbons (Fsp3) is 0.708. The van der Waals surface area contributed by atoms with Gasteiger partial charge >= 0.3 is 17.9 Å². The number of hydrogen-bond acceptors (Lipinski definition) is 10. The van der Waals surface area contributed by atoms with Crippen molar-refractivity contribution in [2.24, 2.45) is 16.2 Å². The van der Waals surface area contributed by atoms with Crippen molar-refractivity contribution in [2.45, 2.75) is 40.0 Å². The van der Waals surface area contributed by atoms with Crippen LogP contribution in [0.25, 0.3) is 0 Å². The summed E-state index contributed by atoms with van der Waals surface area (Å²) in [5.74, 6) is -0.303. The molecule has 1 aromatic rings. The number of nitrogens with zero attached hydrogens (tertiary/aromatic N) is 3. The van der Waals surface area contributed by atoms with E-state index in [1.807, 2.05) is 18.7 Å². The number of esters is 2. The Balaban J connectivity index is 0.000000294. The maximum atomic E-state index is 11.7. The second-order valence-corrected chi connectivity index (χ2v) is 11.1. The molecule has 3 aliphatic heterocycles. The Morgan fingerprint density at radius 2 is 1.41 bits per heavy atom. The number of carboxylic acid groups (broad SMARTS) is 1. The summed E-state index contributed by atoms with van der Waals surface area (Å²) >= 11 is 3.29. The largest absolute Gasteiger partial charge is 0.481 e. The molecule has 3 N–H and O–H groups in total. The normalized spacial score (nSPS) is 28.1. The minimum absolute atomic E-state index is 0. The van der Waals surface area contributed by atoms with Crippen LogP contribution in [0.15, 0.2) is 16.9 Å². The first-order valence-corrected chi connectivity index (χ1v) is 12.7. The molecule has 0 radical (unpaired) electrons. The second kappa shape index (κ2) is 14.2. The van der Waals surface area contributed by atoms with Gasteiger partial charge in [-0.2, -0.15) is 0 Å². The van der Waals surface area contributed by atoms with Gasteiger partial charge < -0.3 is 30.1 Å². The van der Waals surface area contributed by atoms with Crippen LogP contribution in [0.1, 0.15) is 40.0 Å². The molecule has 0 aliphatic carbocycles. The molecule has 37 heavy (non-hydrogen) atoms. The molecule has 0 saturated carbocycles. The molecule has 4 rings (SSSR count). The van der Waals surface area contributed by atoms with Crippen molar-refractivity contribution in [1.82, 2.24) is 20.6 Å². The van der Waals surface area contributed by atoms with E-state index < -0.39 is 16.8 Å². The third-order valence-electron chi connectivity index (χ3n) is 6.97. The molecule has 0 spiro atoms. The number of halogens is 2. The number of carbonyl (C=O) groups is 3. The van der Waals surface area contributed by atoms with Crippen molar-refractivity contribution in [3.8, 4) is 0 Å². The summed E-state index contributed by atoms with van der Waals surface area (Å²) in [6.07, 6.45) is 5.81. The van der Waals surface area contributed by atoms with E-state index >= 15 is 0 Å². The number of rotatable bonds is 4. The van der Waals surface area contributed by atoms with E-state index in [0.717, 1.165) is 49.9 Å². The van der Waals surface area contributed by atoms with Gasteiger partial charge in [-0.15, -0.1) is 12.4 Å². The zero-order valence-corrected chi connectivity index (χ0v) is 24.5. The lowest BCUT2D eigenvalue weighted by atomic mass is 9.90. The molecule has 13 heteroatoms. The summed E-state index contributed by atoms with van der Waals surface area (Å²) in [5.41, 5.74) is -1.22. The zero-order chi connectivity index (χ0) is 27.0. The topological polar surface area (TPSA) is 143 Å². The molecule has 0 bridgehead atoms. The van der Waals surface area contributed by atoms with E-state index in [-0.39, 0.29) is 29.8 Å². The van der Waals surface area contributed by atoms with Crippen LogP contribution in [-0.2, 0) is 23.9 Å². The van der Waals surface area contributed by atoms with E-state index in [0.29, 0.717) is 19.0 Å². The fourth-order valence-corrected chi connectivity index (χ4v) is 4.46. The highest BCUT2D eigenvalue weighted by atomic mass is 79.9. The van der Waals surface area contributed by atoms with E-state index in [1.165, 1.54) is 14.2 Å². The Morgan fingerprint density at radius 1 is 0.919 bits per heavy atom. The van der Waals surface area contributed by atoms with E-state index in [1.54, 1.807) is 19.3 Å². The summed E-state index contributed by atoms with van der Waals surface area (Å²) < 4.78 is 10.3.